The standard InChI is InChI=1S/C24H29N5O3S2/c1-18-22(16-19-6-4-3-5-7-19)27-24(25-18)33-17-23(30)26-20-8-10-21(11-9-20)34(31,32)29-14-12-28(2)13-15-29/h3-11H,12-17H2,1-2H3,(H,25,27)(H,26,30). The first-order valence-corrected chi connectivity index (χ1v) is 13.5. The molecule has 3 aromatic rings. The Morgan fingerprint density at radius 3 is 2.41 bits per heavy atom. The SMILES string of the molecule is Cc1[nH]c(SCC(=O)Nc2ccc(S(=O)(=O)N3CCN(C)CC3)cc2)nc1Cc1ccccc1. The molecule has 1 aromatic heterocycles. The predicted octanol–water partition coefficient (Wildman–Crippen LogP) is 2.98. The van der Waals surface area contributed by atoms with Crippen molar-refractivity contribution in [3.63, 3.8) is 0 Å². The Balaban J connectivity index is 1.30. The summed E-state index contributed by atoms with van der Waals surface area (Å²) in [5.74, 6) is 0.0114. The number of benzene rings is 2. The monoisotopic (exact) mass is 499 g/mol. The van der Waals surface area contributed by atoms with Crippen molar-refractivity contribution < 1.29 is 13.2 Å². The summed E-state index contributed by atoms with van der Waals surface area (Å²) < 4.78 is 27.2. The van der Waals surface area contributed by atoms with Gasteiger partial charge in [-0.15, -0.1) is 0 Å². The smallest absolute Gasteiger partial charge is 0.243 e. The summed E-state index contributed by atoms with van der Waals surface area (Å²) in [6, 6.07) is 16.5. The lowest BCUT2D eigenvalue weighted by molar-refractivity contribution is -0.113. The molecular formula is C24H29N5O3S2. The number of hydrogen-bond acceptors (Lipinski definition) is 6. The van der Waals surface area contributed by atoms with Crippen molar-refractivity contribution in [3.8, 4) is 0 Å². The molecule has 34 heavy (non-hydrogen) atoms. The first-order valence-electron chi connectivity index (χ1n) is 11.1. The van der Waals surface area contributed by atoms with Crippen LogP contribution in [0.15, 0.2) is 64.6 Å². The molecule has 2 aromatic carbocycles. The molecule has 8 nitrogen and oxygen atoms in total. The van der Waals surface area contributed by atoms with Gasteiger partial charge < -0.3 is 15.2 Å². The zero-order chi connectivity index (χ0) is 24.1. The lowest BCUT2D eigenvalue weighted by Gasteiger charge is -2.31. The Labute approximate surface area is 204 Å². The number of aryl methyl sites for hydroxylation is 1. The third kappa shape index (κ3) is 6.06. The molecule has 0 atom stereocenters. The number of rotatable bonds is 8. The van der Waals surface area contributed by atoms with E-state index in [0.29, 0.717) is 37.0 Å². The number of anilines is 1. The molecule has 0 radical (unpaired) electrons. The maximum atomic E-state index is 12.8. The van der Waals surface area contributed by atoms with Crippen LogP contribution in [0.4, 0.5) is 5.69 Å². The second-order valence-electron chi connectivity index (χ2n) is 8.34. The van der Waals surface area contributed by atoms with Crippen LogP contribution < -0.4 is 5.32 Å². The van der Waals surface area contributed by atoms with Crippen molar-refractivity contribution in [2.24, 2.45) is 0 Å². The van der Waals surface area contributed by atoms with Crippen LogP contribution in [0, 0.1) is 6.92 Å². The Bertz CT molecular complexity index is 1220. The highest BCUT2D eigenvalue weighted by atomic mass is 32.2. The lowest BCUT2D eigenvalue weighted by Crippen LogP contribution is -2.46. The Kier molecular flexibility index (Phi) is 7.72. The number of H-pyrrole nitrogens is 1. The summed E-state index contributed by atoms with van der Waals surface area (Å²) in [7, 11) is -1.54. The largest absolute Gasteiger partial charge is 0.337 e. The zero-order valence-electron chi connectivity index (χ0n) is 19.3. The number of hydrogen-bond donors (Lipinski definition) is 2. The Morgan fingerprint density at radius 1 is 1.06 bits per heavy atom. The van der Waals surface area contributed by atoms with Gasteiger partial charge in [0.05, 0.1) is 16.3 Å². The van der Waals surface area contributed by atoms with Gasteiger partial charge in [0.2, 0.25) is 15.9 Å². The molecule has 180 valence electrons. The van der Waals surface area contributed by atoms with E-state index in [2.05, 4.69) is 32.3 Å². The molecule has 0 spiro atoms. The van der Waals surface area contributed by atoms with Gasteiger partial charge in [0.1, 0.15) is 0 Å². The third-order valence-corrected chi connectivity index (χ3v) is 8.54. The van der Waals surface area contributed by atoms with E-state index in [9.17, 15) is 13.2 Å². The predicted molar refractivity (Wildman–Crippen MR) is 135 cm³/mol. The van der Waals surface area contributed by atoms with Gasteiger partial charge in [0.15, 0.2) is 5.16 Å². The summed E-state index contributed by atoms with van der Waals surface area (Å²) in [5, 5.41) is 3.52. The number of nitrogens with zero attached hydrogens (tertiary/aromatic N) is 3. The van der Waals surface area contributed by atoms with Crippen molar-refractivity contribution in [1.29, 1.82) is 0 Å². The van der Waals surface area contributed by atoms with E-state index in [1.165, 1.54) is 21.6 Å². The van der Waals surface area contributed by atoms with Gasteiger partial charge in [-0.1, -0.05) is 42.1 Å². The molecule has 2 heterocycles. The number of amides is 1. The van der Waals surface area contributed by atoms with Gasteiger partial charge in [0.25, 0.3) is 0 Å². The third-order valence-electron chi connectivity index (χ3n) is 5.76. The fourth-order valence-electron chi connectivity index (χ4n) is 3.72. The van der Waals surface area contributed by atoms with Gasteiger partial charge in [-0.05, 0) is 43.8 Å². The van der Waals surface area contributed by atoms with Gasteiger partial charge in [-0.25, -0.2) is 13.4 Å². The van der Waals surface area contributed by atoms with Crippen LogP contribution in [0.1, 0.15) is 17.0 Å². The number of imidazole rings is 1. The number of piperazine rings is 1. The maximum absolute atomic E-state index is 12.8. The normalized spacial score (nSPS) is 15.4. The van der Waals surface area contributed by atoms with Gasteiger partial charge in [-0.2, -0.15) is 4.31 Å². The van der Waals surface area contributed by atoms with Crippen LogP contribution in [0.2, 0.25) is 0 Å². The van der Waals surface area contributed by atoms with E-state index >= 15 is 0 Å². The minimum Gasteiger partial charge on any atom is -0.337 e. The molecule has 0 aliphatic carbocycles. The van der Waals surface area contributed by atoms with E-state index < -0.39 is 10.0 Å². The minimum atomic E-state index is -3.52. The first kappa shape index (κ1) is 24.5. The number of aromatic nitrogens is 2. The molecule has 1 fully saturated rings. The quantitative estimate of drug-likeness (QED) is 0.463. The van der Waals surface area contributed by atoms with Crippen LogP contribution >= 0.6 is 11.8 Å². The number of sulfonamides is 1. The molecule has 1 aliphatic heterocycles. The number of carbonyl (C=O) groups is 1. The molecule has 1 saturated heterocycles. The van der Waals surface area contributed by atoms with Crippen LogP contribution in [-0.2, 0) is 21.2 Å². The zero-order valence-corrected chi connectivity index (χ0v) is 21.0. The van der Waals surface area contributed by atoms with Crippen molar-refractivity contribution in [2.75, 3.05) is 44.3 Å². The van der Waals surface area contributed by atoms with Crippen LogP contribution in [-0.4, -0.2) is 72.5 Å². The minimum absolute atomic E-state index is 0.182. The molecule has 1 aliphatic rings. The number of carbonyl (C=O) groups excluding carboxylic acids is 1. The van der Waals surface area contributed by atoms with Crippen LogP contribution in [0.5, 0.6) is 0 Å². The highest BCUT2D eigenvalue weighted by Crippen LogP contribution is 2.21. The van der Waals surface area contributed by atoms with Crippen LogP contribution in [0.3, 0.4) is 0 Å². The number of thioether (sulfide) groups is 1. The fourth-order valence-corrected chi connectivity index (χ4v) is 5.88. The summed E-state index contributed by atoms with van der Waals surface area (Å²) in [4.78, 5) is 22.6. The average Bonchev–Trinajstić information content (AvgIpc) is 3.18. The van der Waals surface area contributed by atoms with Crippen LogP contribution in [0.25, 0.3) is 0 Å². The first-order chi connectivity index (χ1) is 16.3. The van der Waals surface area contributed by atoms with E-state index in [4.69, 9.17) is 0 Å². The van der Waals surface area contributed by atoms with E-state index in [1.807, 2.05) is 32.2 Å². The average molecular weight is 500 g/mol. The lowest BCUT2D eigenvalue weighted by atomic mass is 10.1. The Morgan fingerprint density at radius 2 is 1.74 bits per heavy atom. The van der Waals surface area contributed by atoms with E-state index in [-0.39, 0.29) is 16.6 Å². The highest BCUT2D eigenvalue weighted by Gasteiger charge is 2.27. The Hall–Kier alpha value is -2.66. The van der Waals surface area contributed by atoms with Crippen molar-refractivity contribution in [1.82, 2.24) is 19.2 Å². The summed E-state index contributed by atoms with van der Waals surface area (Å²) in [6.45, 7) is 4.37. The number of likely N-dealkylation sites (N-methyl/N-ethyl adjacent to an activating group) is 1. The molecule has 10 heteroatoms. The molecule has 2 N–H and O–H groups in total. The summed E-state index contributed by atoms with van der Waals surface area (Å²) in [5.41, 5.74) is 3.70. The second kappa shape index (κ2) is 10.7. The molecular weight excluding hydrogens is 470 g/mol. The second-order valence-corrected chi connectivity index (χ2v) is 11.2. The van der Waals surface area contributed by atoms with E-state index in [0.717, 1.165) is 17.8 Å². The molecule has 4 rings (SSSR count). The van der Waals surface area contributed by atoms with Gasteiger partial charge >= 0.3 is 0 Å². The van der Waals surface area contributed by atoms with Gasteiger partial charge in [-0.3, -0.25) is 4.79 Å². The molecule has 1 amide bonds. The van der Waals surface area contributed by atoms with Crippen molar-refractivity contribution in [2.45, 2.75) is 23.4 Å². The number of nitrogens with one attached hydrogen (secondary N) is 2. The number of aromatic amines is 1. The summed E-state index contributed by atoms with van der Waals surface area (Å²) in [6.07, 6.45) is 0.735. The highest BCUT2D eigenvalue weighted by molar-refractivity contribution is 7.99. The maximum Gasteiger partial charge on any atom is 0.243 e. The van der Waals surface area contributed by atoms with E-state index in [1.54, 1.807) is 24.3 Å². The summed E-state index contributed by atoms with van der Waals surface area (Å²) >= 11 is 1.33. The topological polar surface area (TPSA) is 98.4 Å². The molecule has 0 unspecified atom stereocenters. The molecule has 0 saturated carbocycles. The fraction of sp³-hybridized carbons (Fsp3) is 0.333. The van der Waals surface area contributed by atoms with Crippen molar-refractivity contribution in [3.05, 3.63) is 71.5 Å². The van der Waals surface area contributed by atoms with Crippen molar-refractivity contribution >= 4 is 33.4 Å². The molecule has 0 bridgehead atoms. The van der Waals surface area contributed by atoms with Gasteiger partial charge in [0, 0.05) is 44.0 Å².